The molecule has 3 N–H and O–H groups in total. The smallest absolute Gasteiger partial charge is 0.244 e. The average molecular weight is 363 g/mol. The summed E-state index contributed by atoms with van der Waals surface area (Å²) in [6.45, 7) is 3.75. The van der Waals surface area contributed by atoms with Crippen molar-refractivity contribution in [2.45, 2.75) is 38.3 Å². The lowest BCUT2D eigenvalue weighted by Gasteiger charge is -2.26. The summed E-state index contributed by atoms with van der Waals surface area (Å²) in [4.78, 5) is 12.5. The highest BCUT2D eigenvalue weighted by molar-refractivity contribution is 5.87. The number of nitrogens with one attached hydrogen (secondary N) is 1. The van der Waals surface area contributed by atoms with Gasteiger partial charge >= 0.3 is 0 Å². The Labute approximate surface area is 156 Å². The lowest BCUT2D eigenvalue weighted by molar-refractivity contribution is -0.126. The SMILES string of the molecule is COc1ccc(CCC(C)NC(=O)C(C)(N)c2ccccc2)cc1.Cl. The molecule has 0 heterocycles. The van der Waals surface area contributed by atoms with Crippen LogP contribution >= 0.6 is 12.4 Å². The Hall–Kier alpha value is -2.04. The number of carbonyl (C=O) groups excluding carboxylic acids is 1. The van der Waals surface area contributed by atoms with Crippen LogP contribution in [0.25, 0.3) is 0 Å². The third-order valence-corrected chi connectivity index (χ3v) is 4.25. The second kappa shape index (κ2) is 9.44. The molecule has 0 aliphatic heterocycles. The quantitative estimate of drug-likeness (QED) is 0.793. The van der Waals surface area contributed by atoms with Crippen molar-refractivity contribution in [2.75, 3.05) is 7.11 Å². The third kappa shape index (κ3) is 5.76. The topological polar surface area (TPSA) is 64.3 Å². The molecule has 0 fully saturated rings. The Morgan fingerprint density at radius 1 is 1.16 bits per heavy atom. The lowest BCUT2D eigenvalue weighted by atomic mass is 9.92. The fraction of sp³-hybridized carbons (Fsp3) is 0.350. The van der Waals surface area contributed by atoms with Crippen LogP contribution < -0.4 is 15.8 Å². The Kier molecular flexibility index (Phi) is 7.94. The Balaban J connectivity index is 0.00000312. The maximum absolute atomic E-state index is 12.5. The molecule has 5 heteroatoms. The Morgan fingerprint density at radius 3 is 2.32 bits per heavy atom. The van der Waals surface area contributed by atoms with E-state index in [2.05, 4.69) is 5.32 Å². The zero-order chi connectivity index (χ0) is 17.6. The maximum Gasteiger partial charge on any atom is 0.244 e. The first-order valence-corrected chi connectivity index (χ1v) is 8.22. The molecule has 2 atom stereocenters. The molecule has 0 bridgehead atoms. The fourth-order valence-corrected chi connectivity index (χ4v) is 2.54. The molecule has 136 valence electrons. The summed E-state index contributed by atoms with van der Waals surface area (Å²) in [6.07, 6.45) is 1.74. The highest BCUT2D eigenvalue weighted by Crippen LogP contribution is 2.18. The van der Waals surface area contributed by atoms with Crippen LogP contribution in [-0.4, -0.2) is 19.1 Å². The van der Waals surface area contributed by atoms with E-state index in [-0.39, 0.29) is 24.4 Å². The minimum atomic E-state index is -1.03. The van der Waals surface area contributed by atoms with Gasteiger partial charge < -0.3 is 15.8 Å². The molecule has 0 saturated carbocycles. The van der Waals surface area contributed by atoms with E-state index in [1.165, 1.54) is 5.56 Å². The van der Waals surface area contributed by atoms with E-state index in [1.807, 2.05) is 61.5 Å². The number of hydrogen-bond acceptors (Lipinski definition) is 3. The Bertz CT molecular complexity index is 657. The zero-order valence-electron chi connectivity index (χ0n) is 15.0. The maximum atomic E-state index is 12.5. The average Bonchev–Trinajstić information content (AvgIpc) is 2.61. The van der Waals surface area contributed by atoms with Gasteiger partial charge in [0.25, 0.3) is 0 Å². The van der Waals surface area contributed by atoms with E-state index in [9.17, 15) is 4.79 Å². The molecule has 4 nitrogen and oxygen atoms in total. The molecule has 25 heavy (non-hydrogen) atoms. The van der Waals surface area contributed by atoms with E-state index in [0.717, 1.165) is 24.2 Å². The predicted octanol–water partition coefficient (Wildman–Crippen LogP) is 3.43. The summed E-state index contributed by atoms with van der Waals surface area (Å²) >= 11 is 0. The molecule has 0 aromatic heterocycles. The largest absolute Gasteiger partial charge is 0.497 e. The highest BCUT2D eigenvalue weighted by Gasteiger charge is 2.30. The summed E-state index contributed by atoms with van der Waals surface area (Å²) in [7, 11) is 1.66. The zero-order valence-corrected chi connectivity index (χ0v) is 15.8. The van der Waals surface area contributed by atoms with Gasteiger partial charge in [0.15, 0.2) is 0 Å². The molecule has 1 amide bonds. The lowest BCUT2D eigenvalue weighted by Crippen LogP contribution is -2.51. The minimum Gasteiger partial charge on any atom is -0.497 e. The van der Waals surface area contributed by atoms with Gasteiger partial charge in [0.2, 0.25) is 5.91 Å². The fourth-order valence-electron chi connectivity index (χ4n) is 2.54. The van der Waals surface area contributed by atoms with Crippen molar-refractivity contribution in [3.05, 3.63) is 65.7 Å². The minimum absolute atomic E-state index is 0. The van der Waals surface area contributed by atoms with E-state index in [1.54, 1.807) is 14.0 Å². The predicted molar refractivity (Wildman–Crippen MR) is 104 cm³/mol. The van der Waals surface area contributed by atoms with Crippen LogP contribution in [0.5, 0.6) is 5.75 Å². The number of benzene rings is 2. The van der Waals surface area contributed by atoms with E-state index >= 15 is 0 Å². The first kappa shape index (κ1) is 21.0. The van der Waals surface area contributed by atoms with E-state index in [0.29, 0.717) is 0 Å². The Morgan fingerprint density at radius 2 is 1.76 bits per heavy atom. The van der Waals surface area contributed by atoms with Crippen LogP contribution in [0.2, 0.25) is 0 Å². The summed E-state index contributed by atoms with van der Waals surface area (Å²) in [5, 5.41) is 3.02. The van der Waals surface area contributed by atoms with Gasteiger partial charge in [-0.3, -0.25) is 4.79 Å². The van der Waals surface area contributed by atoms with Crippen LogP contribution in [0, 0.1) is 0 Å². The molecule has 0 radical (unpaired) electrons. The molecular weight excluding hydrogens is 336 g/mol. The summed E-state index contributed by atoms with van der Waals surface area (Å²) < 4.78 is 5.16. The molecule has 0 saturated heterocycles. The molecule has 0 spiro atoms. The van der Waals surface area contributed by atoms with Crippen molar-refractivity contribution in [3.63, 3.8) is 0 Å². The standard InChI is InChI=1S/C20H26N2O2.ClH/c1-15(9-10-16-11-13-18(24-3)14-12-16)22-19(23)20(2,21)17-7-5-4-6-8-17;/h4-8,11-15H,9-10,21H2,1-3H3,(H,22,23);1H. The van der Waals surface area contributed by atoms with Crippen molar-refractivity contribution in [1.82, 2.24) is 5.32 Å². The number of halogens is 1. The van der Waals surface area contributed by atoms with Crippen LogP contribution in [0.15, 0.2) is 54.6 Å². The van der Waals surface area contributed by atoms with E-state index < -0.39 is 5.54 Å². The van der Waals surface area contributed by atoms with Crippen molar-refractivity contribution in [3.8, 4) is 5.75 Å². The number of hydrogen-bond donors (Lipinski definition) is 2. The first-order valence-electron chi connectivity index (χ1n) is 8.22. The molecule has 0 aliphatic carbocycles. The molecular formula is C20H27ClN2O2. The molecule has 2 rings (SSSR count). The summed E-state index contributed by atoms with van der Waals surface area (Å²) in [5.41, 5.74) is 7.24. The van der Waals surface area contributed by atoms with Crippen molar-refractivity contribution >= 4 is 18.3 Å². The number of rotatable bonds is 7. The van der Waals surface area contributed by atoms with Gasteiger partial charge in [-0.15, -0.1) is 12.4 Å². The second-order valence-electron chi connectivity index (χ2n) is 6.33. The van der Waals surface area contributed by atoms with E-state index in [4.69, 9.17) is 10.5 Å². The van der Waals surface area contributed by atoms with Gasteiger partial charge in [-0.2, -0.15) is 0 Å². The van der Waals surface area contributed by atoms with Crippen molar-refractivity contribution in [2.24, 2.45) is 5.73 Å². The summed E-state index contributed by atoms with van der Waals surface area (Å²) in [5.74, 6) is 0.692. The van der Waals surface area contributed by atoms with Gasteiger partial charge in [-0.1, -0.05) is 42.5 Å². The number of amides is 1. The monoisotopic (exact) mass is 362 g/mol. The number of ether oxygens (including phenoxy) is 1. The van der Waals surface area contributed by atoms with Gasteiger partial charge in [0, 0.05) is 6.04 Å². The molecule has 2 aromatic rings. The van der Waals surface area contributed by atoms with Crippen molar-refractivity contribution < 1.29 is 9.53 Å². The van der Waals surface area contributed by atoms with Crippen LogP contribution in [0.3, 0.4) is 0 Å². The second-order valence-corrected chi connectivity index (χ2v) is 6.33. The first-order chi connectivity index (χ1) is 11.4. The summed E-state index contributed by atoms with van der Waals surface area (Å²) in [6, 6.07) is 17.5. The highest BCUT2D eigenvalue weighted by atomic mass is 35.5. The van der Waals surface area contributed by atoms with Crippen LogP contribution in [-0.2, 0) is 16.8 Å². The molecule has 2 aromatic carbocycles. The molecule has 2 unspecified atom stereocenters. The van der Waals surface area contributed by atoms with Gasteiger partial charge in [-0.25, -0.2) is 0 Å². The molecule has 0 aliphatic rings. The van der Waals surface area contributed by atoms with Crippen LogP contribution in [0.1, 0.15) is 31.4 Å². The van der Waals surface area contributed by atoms with Crippen molar-refractivity contribution in [1.29, 1.82) is 0 Å². The number of carbonyl (C=O) groups is 1. The number of aryl methyl sites for hydroxylation is 1. The number of nitrogens with two attached hydrogens (primary N) is 1. The van der Waals surface area contributed by atoms with Crippen LogP contribution in [0.4, 0.5) is 0 Å². The van der Waals surface area contributed by atoms with Gasteiger partial charge in [0.05, 0.1) is 7.11 Å². The number of methoxy groups -OCH3 is 1. The normalized spacial score (nSPS) is 13.9. The van der Waals surface area contributed by atoms with Gasteiger partial charge in [-0.05, 0) is 49.9 Å². The van der Waals surface area contributed by atoms with Gasteiger partial charge in [0.1, 0.15) is 11.3 Å². The third-order valence-electron chi connectivity index (χ3n) is 4.25.